The van der Waals surface area contributed by atoms with Gasteiger partial charge in [0.15, 0.2) is 11.5 Å². The lowest BCUT2D eigenvalue weighted by atomic mass is 10.2. The van der Waals surface area contributed by atoms with Crippen LogP contribution < -0.4 is 15.2 Å². The summed E-state index contributed by atoms with van der Waals surface area (Å²) in [5.41, 5.74) is 6.37. The fourth-order valence-electron chi connectivity index (χ4n) is 1.51. The number of thiocarbonyl (C=S) groups is 1. The molecule has 1 aromatic rings. The van der Waals surface area contributed by atoms with Crippen LogP contribution in [0.15, 0.2) is 18.2 Å². The summed E-state index contributed by atoms with van der Waals surface area (Å²) >= 11 is 4.95. The summed E-state index contributed by atoms with van der Waals surface area (Å²) in [6.45, 7) is 6.36. The van der Waals surface area contributed by atoms with Crippen LogP contribution in [0, 0.1) is 0 Å². The lowest BCUT2D eigenvalue weighted by Crippen LogP contribution is -2.11. The Morgan fingerprint density at radius 3 is 2.53 bits per heavy atom. The monoisotopic (exact) mass is 283 g/mol. The number of rotatable bonds is 9. The third-order valence-electron chi connectivity index (χ3n) is 2.36. The number of hydrogen-bond acceptors (Lipinski definition) is 4. The van der Waals surface area contributed by atoms with E-state index in [9.17, 15) is 0 Å². The van der Waals surface area contributed by atoms with Crippen molar-refractivity contribution < 1.29 is 14.2 Å². The van der Waals surface area contributed by atoms with Crippen LogP contribution in [0.1, 0.15) is 25.8 Å². The van der Waals surface area contributed by atoms with Gasteiger partial charge in [0, 0.05) is 12.2 Å². The van der Waals surface area contributed by atoms with Gasteiger partial charge in [-0.3, -0.25) is 0 Å². The first-order valence-corrected chi connectivity index (χ1v) is 6.87. The molecule has 0 radical (unpaired) electrons. The minimum absolute atomic E-state index is 0.346. The molecule has 0 unspecified atom stereocenters. The van der Waals surface area contributed by atoms with Gasteiger partial charge in [-0.1, -0.05) is 19.1 Å². The van der Waals surface area contributed by atoms with E-state index in [2.05, 4.69) is 6.92 Å². The zero-order valence-corrected chi connectivity index (χ0v) is 12.3. The normalized spacial score (nSPS) is 10.2. The van der Waals surface area contributed by atoms with Crippen molar-refractivity contribution >= 4 is 17.2 Å². The Kier molecular flexibility index (Phi) is 7.22. The van der Waals surface area contributed by atoms with Gasteiger partial charge in [0.05, 0.1) is 13.2 Å². The minimum atomic E-state index is 0.346. The Morgan fingerprint density at radius 1 is 1.11 bits per heavy atom. The van der Waals surface area contributed by atoms with E-state index in [-0.39, 0.29) is 0 Å². The lowest BCUT2D eigenvalue weighted by molar-refractivity contribution is 0.0992. The Morgan fingerprint density at radius 2 is 1.89 bits per heavy atom. The van der Waals surface area contributed by atoms with Crippen molar-refractivity contribution in [1.29, 1.82) is 0 Å². The summed E-state index contributed by atoms with van der Waals surface area (Å²) < 4.78 is 16.5. The molecular formula is C14H21NO3S. The molecule has 0 heterocycles. The highest BCUT2D eigenvalue weighted by Gasteiger charge is 2.07. The molecule has 0 aliphatic rings. The predicted octanol–water partition coefficient (Wildman–Crippen LogP) is 2.52. The van der Waals surface area contributed by atoms with Crippen LogP contribution in [0.2, 0.25) is 0 Å². The van der Waals surface area contributed by atoms with E-state index in [1.807, 2.05) is 19.1 Å². The fourth-order valence-corrected chi connectivity index (χ4v) is 1.63. The molecule has 5 heteroatoms. The first kappa shape index (κ1) is 15.7. The fraction of sp³-hybridized carbons (Fsp3) is 0.500. The molecule has 0 aliphatic heterocycles. The Bertz CT molecular complexity index is 410. The SMILES string of the molecule is CCCOCCOc1ccc(C(N)=S)cc1OCC. The van der Waals surface area contributed by atoms with Crippen molar-refractivity contribution in [3.8, 4) is 11.5 Å². The van der Waals surface area contributed by atoms with Gasteiger partial charge < -0.3 is 19.9 Å². The molecule has 1 rings (SSSR count). The molecule has 4 nitrogen and oxygen atoms in total. The number of benzene rings is 1. The van der Waals surface area contributed by atoms with Gasteiger partial charge in [0.25, 0.3) is 0 Å². The van der Waals surface area contributed by atoms with Gasteiger partial charge in [0.2, 0.25) is 0 Å². The molecular weight excluding hydrogens is 262 g/mol. The summed E-state index contributed by atoms with van der Waals surface area (Å²) in [6.07, 6.45) is 1.01. The Hall–Kier alpha value is -1.33. The summed E-state index contributed by atoms with van der Waals surface area (Å²) in [7, 11) is 0. The molecule has 106 valence electrons. The van der Waals surface area contributed by atoms with E-state index in [4.69, 9.17) is 32.2 Å². The van der Waals surface area contributed by atoms with Crippen molar-refractivity contribution in [1.82, 2.24) is 0 Å². The van der Waals surface area contributed by atoms with E-state index in [0.29, 0.717) is 36.3 Å². The highest BCUT2D eigenvalue weighted by Crippen LogP contribution is 2.28. The maximum absolute atomic E-state index is 5.64. The number of ether oxygens (including phenoxy) is 3. The standard InChI is InChI=1S/C14H21NO3S/c1-3-7-16-8-9-18-12-6-5-11(14(15)19)10-13(12)17-4-2/h5-6,10H,3-4,7-9H2,1-2H3,(H2,15,19). The Balaban J connectivity index is 2.62. The molecule has 0 aliphatic carbocycles. The first-order chi connectivity index (χ1) is 9.19. The molecule has 2 N–H and O–H groups in total. The molecule has 0 bridgehead atoms. The van der Waals surface area contributed by atoms with Gasteiger partial charge in [0.1, 0.15) is 11.6 Å². The smallest absolute Gasteiger partial charge is 0.161 e. The van der Waals surface area contributed by atoms with Crippen LogP contribution in [0.5, 0.6) is 11.5 Å². The topological polar surface area (TPSA) is 53.7 Å². The van der Waals surface area contributed by atoms with E-state index < -0.39 is 0 Å². The summed E-state index contributed by atoms with van der Waals surface area (Å²) in [5, 5.41) is 0. The van der Waals surface area contributed by atoms with Crippen molar-refractivity contribution in [3.63, 3.8) is 0 Å². The minimum Gasteiger partial charge on any atom is -0.490 e. The molecule has 1 aromatic carbocycles. The van der Waals surface area contributed by atoms with Crippen LogP contribution in [0.4, 0.5) is 0 Å². The summed E-state index contributed by atoms with van der Waals surface area (Å²) in [4.78, 5) is 0.346. The molecule has 0 saturated heterocycles. The van der Waals surface area contributed by atoms with Gasteiger partial charge in [-0.2, -0.15) is 0 Å². The third-order valence-corrected chi connectivity index (χ3v) is 2.60. The van der Waals surface area contributed by atoms with E-state index >= 15 is 0 Å². The summed E-state index contributed by atoms with van der Waals surface area (Å²) in [5.74, 6) is 1.34. The molecule has 0 saturated carbocycles. The van der Waals surface area contributed by atoms with E-state index in [1.165, 1.54) is 0 Å². The average Bonchev–Trinajstić information content (AvgIpc) is 2.40. The quantitative estimate of drug-likeness (QED) is 0.557. The predicted molar refractivity (Wildman–Crippen MR) is 80.1 cm³/mol. The molecule has 0 amide bonds. The first-order valence-electron chi connectivity index (χ1n) is 6.46. The third kappa shape index (κ3) is 5.44. The summed E-state index contributed by atoms with van der Waals surface area (Å²) in [6, 6.07) is 5.44. The highest BCUT2D eigenvalue weighted by atomic mass is 32.1. The van der Waals surface area contributed by atoms with Crippen LogP contribution in [-0.4, -0.2) is 31.4 Å². The van der Waals surface area contributed by atoms with Gasteiger partial charge in [-0.05, 0) is 31.5 Å². The molecule has 0 aromatic heterocycles. The molecule has 0 atom stereocenters. The van der Waals surface area contributed by atoms with Crippen molar-refractivity contribution in [2.45, 2.75) is 20.3 Å². The number of hydrogen-bond donors (Lipinski definition) is 1. The molecule has 0 spiro atoms. The zero-order valence-electron chi connectivity index (χ0n) is 11.5. The average molecular weight is 283 g/mol. The second kappa shape index (κ2) is 8.72. The van der Waals surface area contributed by atoms with Gasteiger partial charge in [-0.15, -0.1) is 0 Å². The second-order valence-corrected chi connectivity index (χ2v) is 4.36. The van der Waals surface area contributed by atoms with Crippen LogP contribution in [-0.2, 0) is 4.74 Å². The maximum Gasteiger partial charge on any atom is 0.161 e. The van der Waals surface area contributed by atoms with Crippen molar-refractivity contribution in [3.05, 3.63) is 23.8 Å². The molecule has 0 fully saturated rings. The Labute approximate surface area is 119 Å². The maximum atomic E-state index is 5.64. The highest BCUT2D eigenvalue weighted by molar-refractivity contribution is 7.80. The van der Waals surface area contributed by atoms with Crippen LogP contribution in [0.25, 0.3) is 0 Å². The lowest BCUT2D eigenvalue weighted by Gasteiger charge is -2.13. The largest absolute Gasteiger partial charge is 0.490 e. The van der Waals surface area contributed by atoms with Crippen LogP contribution in [0.3, 0.4) is 0 Å². The van der Waals surface area contributed by atoms with Crippen LogP contribution >= 0.6 is 12.2 Å². The molecule has 19 heavy (non-hydrogen) atoms. The van der Waals surface area contributed by atoms with E-state index in [1.54, 1.807) is 6.07 Å². The van der Waals surface area contributed by atoms with Gasteiger partial charge >= 0.3 is 0 Å². The van der Waals surface area contributed by atoms with Crippen molar-refractivity contribution in [2.75, 3.05) is 26.4 Å². The van der Waals surface area contributed by atoms with Gasteiger partial charge in [-0.25, -0.2) is 0 Å². The van der Waals surface area contributed by atoms with E-state index in [0.717, 1.165) is 18.6 Å². The zero-order chi connectivity index (χ0) is 14.1. The number of nitrogens with two attached hydrogens (primary N) is 1. The van der Waals surface area contributed by atoms with Crippen molar-refractivity contribution in [2.24, 2.45) is 5.73 Å². The second-order valence-electron chi connectivity index (χ2n) is 3.92.